The molecule has 5 heteroatoms. The molecule has 3 nitrogen and oxygen atoms in total. The summed E-state index contributed by atoms with van der Waals surface area (Å²) >= 11 is 0. The van der Waals surface area contributed by atoms with E-state index in [0.717, 1.165) is 5.56 Å². The van der Waals surface area contributed by atoms with Crippen LogP contribution in [-0.2, 0) is 0 Å². The SMILES string of the molecule is CCC(NCC(F)(F)CO)c1ccccc1OC. The highest BCUT2D eigenvalue weighted by Gasteiger charge is 2.28. The predicted octanol–water partition coefficient (Wildman–Crippen LogP) is 2.36. The van der Waals surface area contributed by atoms with Crippen LogP contribution in [0.2, 0.25) is 0 Å². The molecule has 0 heterocycles. The monoisotopic (exact) mass is 259 g/mol. The molecule has 0 saturated carbocycles. The van der Waals surface area contributed by atoms with Crippen LogP contribution >= 0.6 is 0 Å². The van der Waals surface area contributed by atoms with Crippen molar-refractivity contribution in [1.29, 1.82) is 0 Å². The molecule has 18 heavy (non-hydrogen) atoms. The maximum atomic E-state index is 13.0. The van der Waals surface area contributed by atoms with Gasteiger partial charge >= 0.3 is 0 Å². The lowest BCUT2D eigenvalue weighted by atomic mass is 10.0. The highest BCUT2D eigenvalue weighted by atomic mass is 19.3. The first-order valence-corrected chi connectivity index (χ1v) is 5.89. The molecule has 0 aliphatic carbocycles. The molecule has 102 valence electrons. The molecule has 1 aromatic carbocycles. The van der Waals surface area contributed by atoms with Gasteiger partial charge in [0.25, 0.3) is 5.92 Å². The van der Waals surface area contributed by atoms with Gasteiger partial charge < -0.3 is 15.2 Å². The molecule has 0 aliphatic heterocycles. The van der Waals surface area contributed by atoms with Gasteiger partial charge in [0, 0.05) is 11.6 Å². The number of rotatable bonds is 7. The van der Waals surface area contributed by atoms with Gasteiger partial charge in [-0.15, -0.1) is 0 Å². The lowest BCUT2D eigenvalue weighted by molar-refractivity contribution is -0.0494. The fourth-order valence-corrected chi connectivity index (χ4v) is 1.76. The molecule has 0 bridgehead atoms. The summed E-state index contributed by atoms with van der Waals surface area (Å²) in [6.07, 6.45) is 0.655. The van der Waals surface area contributed by atoms with Crippen molar-refractivity contribution in [3.8, 4) is 5.75 Å². The van der Waals surface area contributed by atoms with E-state index < -0.39 is 19.1 Å². The van der Waals surface area contributed by atoms with Gasteiger partial charge in [-0.3, -0.25) is 0 Å². The highest BCUT2D eigenvalue weighted by molar-refractivity contribution is 5.35. The standard InChI is InChI=1S/C13H19F2NO2/c1-3-11(16-8-13(14,15)9-17)10-6-4-5-7-12(10)18-2/h4-7,11,16-17H,3,8-9H2,1-2H3. The molecular formula is C13H19F2NO2. The second-order valence-corrected chi connectivity index (χ2v) is 4.10. The summed E-state index contributed by atoms with van der Waals surface area (Å²) in [5, 5.41) is 11.3. The minimum Gasteiger partial charge on any atom is -0.496 e. The quantitative estimate of drug-likeness (QED) is 0.790. The molecule has 1 unspecified atom stereocenters. The Morgan fingerprint density at radius 3 is 2.61 bits per heavy atom. The highest BCUT2D eigenvalue weighted by Crippen LogP contribution is 2.27. The lowest BCUT2D eigenvalue weighted by Crippen LogP contribution is -2.37. The van der Waals surface area contributed by atoms with Crippen LogP contribution in [0.3, 0.4) is 0 Å². The van der Waals surface area contributed by atoms with Crippen molar-refractivity contribution in [2.45, 2.75) is 25.3 Å². The van der Waals surface area contributed by atoms with Gasteiger partial charge in [-0.1, -0.05) is 25.1 Å². The maximum absolute atomic E-state index is 13.0. The van der Waals surface area contributed by atoms with Gasteiger partial charge in [0.2, 0.25) is 0 Å². The molecule has 0 saturated heterocycles. The van der Waals surface area contributed by atoms with E-state index in [9.17, 15) is 8.78 Å². The number of ether oxygens (including phenoxy) is 1. The Bertz CT molecular complexity index is 372. The minimum atomic E-state index is -3.10. The number of hydrogen-bond donors (Lipinski definition) is 2. The molecule has 0 aromatic heterocycles. The van der Waals surface area contributed by atoms with E-state index in [4.69, 9.17) is 9.84 Å². The molecule has 1 rings (SSSR count). The largest absolute Gasteiger partial charge is 0.496 e. The number of aliphatic hydroxyl groups excluding tert-OH is 1. The zero-order valence-corrected chi connectivity index (χ0v) is 10.6. The fourth-order valence-electron chi connectivity index (χ4n) is 1.76. The van der Waals surface area contributed by atoms with Crippen molar-refractivity contribution < 1.29 is 18.6 Å². The Kier molecular flexibility index (Phi) is 5.50. The van der Waals surface area contributed by atoms with Gasteiger partial charge in [0.15, 0.2) is 0 Å². The third kappa shape index (κ3) is 3.92. The van der Waals surface area contributed by atoms with Crippen molar-refractivity contribution in [2.75, 3.05) is 20.3 Å². The molecule has 0 fully saturated rings. The number of alkyl halides is 2. The van der Waals surface area contributed by atoms with Crippen molar-refractivity contribution in [2.24, 2.45) is 0 Å². The van der Waals surface area contributed by atoms with Crippen LogP contribution < -0.4 is 10.1 Å². The number of aliphatic hydroxyl groups is 1. The van der Waals surface area contributed by atoms with Crippen LogP contribution in [0.15, 0.2) is 24.3 Å². The summed E-state index contributed by atoms with van der Waals surface area (Å²) in [6.45, 7) is 0.198. The first-order chi connectivity index (χ1) is 8.54. The molecule has 1 atom stereocenters. The van der Waals surface area contributed by atoms with Crippen LogP contribution in [0.5, 0.6) is 5.75 Å². The molecule has 2 N–H and O–H groups in total. The van der Waals surface area contributed by atoms with Crippen LogP contribution in [0.4, 0.5) is 8.78 Å². The number of para-hydroxylation sites is 1. The number of nitrogens with one attached hydrogen (secondary N) is 1. The second kappa shape index (κ2) is 6.66. The summed E-state index contributed by atoms with van der Waals surface area (Å²) in [5.41, 5.74) is 0.844. The van der Waals surface area contributed by atoms with Crippen molar-refractivity contribution in [3.63, 3.8) is 0 Å². The van der Waals surface area contributed by atoms with E-state index in [-0.39, 0.29) is 6.04 Å². The second-order valence-electron chi connectivity index (χ2n) is 4.10. The Morgan fingerprint density at radius 2 is 2.06 bits per heavy atom. The van der Waals surface area contributed by atoms with Crippen LogP contribution in [0.1, 0.15) is 24.9 Å². The van der Waals surface area contributed by atoms with E-state index in [0.29, 0.717) is 12.2 Å². The Labute approximate surface area is 106 Å². The predicted molar refractivity (Wildman–Crippen MR) is 66.1 cm³/mol. The van der Waals surface area contributed by atoms with E-state index in [1.54, 1.807) is 13.2 Å². The summed E-state index contributed by atoms with van der Waals surface area (Å²) in [5.74, 6) is -2.43. The summed E-state index contributed by atoms with van der Waals surface area (Å²) in [7, 11) is 1.55. The topological polar surface area (TPSA) is 41.5 Å². The zero-order chi connectivity index (χ0) is 13.6. The molecular weight excluding hydrogens is 240 g/mol. The van der Waals surface area contributed by atoms with Gasteiger partial charge in [-0.25, -0.2) is 8.78 Å². The van der Waals surface area contributed by atoms with Gasteiger partial charge in [-0.05, 0) is 12.5 Å². The molecule has 0 radical (unpaired) electrons. The molecule has 0 amide bonds. The number of halogens is 2. The number of benzene rings is 1. The Balaban J connectivity index is 2.77. The maximum Gasteiger partial charge on any atom is 0.282 e. The van der Waals surface area contributed by atoms with E-state index in [1.165, 1.54) is 0 Å². The molecule has 0 aliphatic rings. The van der Waals surface area contributed by atoms with Crippen molar-refractivity contribution >= 4 is 0 Å². The first kappa shape index (κ1) is 14.9. The Hall–Kier alpha value is -1.20. The van der Waals surface area contributed by atoms with Gasteiger partial charge in [0.1, 0.15) is 12.4 Å². The normalized spacial score (nSPS) is 13.4. The lowest BCUT2D eigenvalue weighted by Gasteiger charge is -2.22. The van der Waals surface area contributed by atoms with Crippen molar-refractivity contribution in [1.82, 2.24) is 5.32 Å². The van der Waals surface area contributed by atoms with E-state index in [1.807, 2.05) is 25.1 Å². The van der Waals surface area contributed by atoms with E-state index >= 15 is 0 Å². The number of methoxy groups -OCH3 is 1. The third-order valence-electron chi connectivity index (χ3n) is 2.76. The van der Waals surface area contributed by atoms with Crippen molar-refractivity contribution in [3.05, 3.63) is 29.8 Å². The third-order valence-corrected chi connectivity index (χ3v) is 2.76. The Morgan fingerprint density at radius 1 is 1.39 bits per heavy atom. The summed E-state index contributed by atoms with van der Waals surface area (Å²) < 4.78 is 31.2. The minimum absolute atomic E-state index is 0.224. The fraction of sp³-hybridized carbons (Fsp3) is 0.538. The molecule has 0 spiro atoms. The molecule has 1 aromatic rings. The van der Waals surface area contributed by atoms with Gasteiger partial charge in [0.05, 0.1) is 13.7 Å². The summed E-state index contributed by atoms with van der Waals surface area (Å²) in [6, 6.07) is 7.09. The smallest absolute Gasteiger partial charge is 0.282 e. The average molecular weight is 259 g/mol. The van der Waals surface area contributed by atoms with Crippen LogP contribution in [-0.4, -0.2) is 31.3 Å². The zero-order valence-electron chi connectivity index (χ0n) is 10.6. The van der Waals surface area contributed by atoms with Gasteiger partial charge in [-0.2, -0.15) is 0 Å². The van der Waals surface area contributed by atoms with Crippen LogP contribution in [0.25, 0.3) is 0 Å². The number of hydrogen-bond acceptors (Lipinski definition) is 3. The van der Waals surface area contributed by atoms with E-state index in [2.05, 4.69) is 5.32 Å². The first-order valence-electron chi connectivity index (χ1n) is 5.89. The average Bonchev–Trinajstić information content (AvgIpc) is 2.40. The summed E-state index contributed by atoms with van der Waals surface area (Å²) in [4.78, 5) is 0. The van der Waals surface area contributed by atoms with Crippen LogP contribution in [0, 0.1) is 0 Å².